The van der Waals surface area contributed by atoms with Crippen LogP contribution in [0.15, 0.2) is 67.0 Å². The summed E-state index contributed by atoms with van der Waals surface area (Å²) >= 11 is 0. The van der Waals surface area contributed by atoms with Gasteiger partial charge >= 0.3 is 0 Å². The van der Waals surface area contributed by atoms with Crippen molar-refractivity contribution < 1.29 is 16.8 Å². The Morgan fingerprint density at radius 3 is 1.58 bits per heavy atom. The van der Waals surface area contributed by atoms with E-state index in [4.69, 9.17) is 0 Å². The monoisotopic (exact) mass is 298 g/mol. The zero-order valence-corrected chi connectivity index (χ0v) is 11.8. The molecule has 1 aromatic carbocycles. The second kappa shape index (κ2) is 5.14. The zero-order chi connectivity index (χ0) is 14.7. The standard InChI is InChI=1S/C13H14O4S2/c1-4-13(18(14,15)5-2,19(16,17)6-3)12-10-8-7-9-11-12/h4-11H,1-3H2. The molecular formula is C13H14O4S2. The highest BCUT2D eigenvalue weighted by Crippen LogP contribution is 2.39. The van der Waals surface area contributed by atoms with Crippen LogP contribution in [0.5, 0.6) is 0 Å². The van der Waals surface area contributed by atoms with Gasteiger partial charge in [-0.15, -0.1) is 6.58 Å². The third-order valence-corrected chi connectivity index (χ3v) is 7.50. The number of sulfone groups is 2. The smallest absolute Gasteiger partial charge is 0.222 e. The van der Waals surface area contributed by atoms with E-state index < -0.39 is 23.8 Å². The summed E-state index contributed by atoms with van der Waals surface area (Å²) < 4.78 is 46.7. The van der Waals surface area contributed by atoms with E-state index >= 15 is 0 Å². The van der Waals surface area contributed by atoms with Crippen molar-refractivity contribution >= 4 is 19.7 Å². The molecule has 0 atom stereocenters. The van der Waals surface area contributed by atoms with Crippen LogP contribution in [-0.4, -0.2) is 16.8 Å². The van der Waals surface area contributed by atoms with Crippen molar-refractivity contribution in [3.8, 4) is 0 Å². The molecule has 6 heteroatoms. The Balaban J connectivity index is 3.95. The van der Waals surface area contributed by atoms with Gasteiger partial charge in [-0.2, -0.15) is 0 Å². The molecular weight excluding hydrogens is 284 g/mol. The average molecular weight is 298 g/mol. The fourth-order valence-corrected chi connectivity index (χ4v) is 5.35. The number of benzene rings is 1. The van der Waals surface area contributed by atoms with Crippen LogP contribution in [0.3, 0.4) is 0 Å². The van der Waals surface area contributed by atoms with E-state index in [1.54, 1.807) is 18.2 Å². The summed E-state index contributed by atoms with van der Waals surface area (Å²) in [6.45, 7) is 9.75. The first-order valence-electron chi connectivity index (χ1n) is 5.22. The van der Waals surface area contributed by atoms with Gasteiger partial charge in [-0.25, -0.2) is 16.8 Å². The number of hydrogen-bond acceptors (Lipinski definition) is 4. The molecule has 0 bridgehead atoms. The Morgan fingerprint density at radius 2 is 1.26 bits per heavy atom. The molecule has 102 valence electrons. The maximum atomic E-state index is 12.2. The maximum absolute atomic E-state index is 12.2. The number of rotatable bonds is 6. The van der Waals surface area contributed by atoms with Crippen LogP contribution >= 0.6 is 0 Å². The van der Waals surface area contributed by atoms with Crippen molar-refractivity contribution in [2.75, 3.05) is 0 Å². The topological polar surface area (TPSA) is 68.3 Å². The third-order valence-electron chi connectivity index (χ3n) is 2.73. The molecule has 0 aliphatic rings. The molecule has 0 aliphatic heterocycles. The normalized spacial score (nSPS) is 12.6. The van der Waals surface area contributed by atoms with Gasteiger partial charge in [0.2, 0.25) is 4.08 Å². The minimum atomic E-state index is -4.21. The lowest BCUT2D eigenvalue weighted by Gasteiger charge is -2.27. The molecule has 0 fully saturated rings. The highest BCUT2D eigenvalue weighted by atomic mass is 32.3. The Bertz CT molecular complexity index is 660. The lowest BCUT2D eigenvalue weighted by Crippen LogP contribution is -2.39. The van der Waals surface area contributed by atoms with Crippen molar-refractivity contribution in [3.63, 3.8) is 0 Å². The maximum Gasteiger partial charge on any atom is 0.223 e. The summed E-state index contributed by atoms with van der Waals surface area (Å²) in [5, 5.41) is 1.23. The van der Waals surface area contributed by atoms with E-state index in [1.165, 1.54) is 12.1 Å². The molecule has 0 aliphatic carbocycles. The van der Waals surface area contributed by atoms with Crippen molar-refractivity contribution in [2.24, 2.45) is 0 Å². The van der Waals surface area contributed by atoms with Crippen LogP contribution in [-0.2, 0) is 23.8 Å². The van der Waals surface area contributed by atoms with Gasteiger partial charge in [0.1, 0.15) is 0 Å². The molecule has 0 N–H and O–H groups in total. The summed E-state index contributed by atoms with van der Waals surface area (Å²) in [7, 11) is -8.42. The Morgan fingerprint density at radius 1 is 0.842 bits per heavy atom. The molecule has 19 heavy (non-hydrogen) atoms. The van der Waals surface area contributed by atoms with Gasteiger partial charge in [0.15, 0.2) is 19.7 Å². The molecule has 0 unspecified atom stereocenters. The molecule has 0 saturated carbocycles. The van der Waals surface area contributed by atoms with E-state index in [0.717, 1.165) is 6.08 Å². The van der Waals surface area contributed by atoms with E-state index in [1.807, 2.05) is 0 Å². The summed E-state index contributed by atoms with van der Waals surface area (Å²) in [4.78, 5) is 0. The first-order chi connectivity index (χ1) is 8.79. The van der Waals surface area contributed by atoms with Gasteiger partial charge in [0, 0.05) is 10.8 Å². The van der Waals surface area contributed by atoms with E-state index in [9.17, 15) is 16.8 Å². The lowest BCUT2D eigenvalue weighted by atomic mass is 10.1. The average Bonchev–Trinajstić information content (AvgIpc) is 2.40. The first-order valence-corrected chi connectivity index (χ1v) is 8.31. The Hall–Kier alpha value is -1.66. The quantitative estimate of drug-likeness (QED) is 0.755. The third kappa shape index (κ3) is 2.17. The van der Waals surface area contributed by atoms with Crippen LogP contribution in [0.2, 0.25) is 0 Å². The van der Waals surface area contributed by atoms with Crippen LogP contribution in [0.25, 0.3) is 0 Å². The van der Waals surface area contributed by atoms with Gasteiger partial charge in [0.25, 0.3) is 0 Å². The highest BCUT2D eigenvalue weighted by Gasteiger charge is 2.51. The highest BCUT2D eigenvalue weighted by molar-refractivity contribution is 8.12. The molecule has 0 heterocycles. The second-order valence-corrected chi connectivity index (χ2v) is 8.05. The molecule has 0 spiro atoms. The first kappa shape index (κ1) is 15.4. The Labute approximate surface area is 113 Å². The summed E-state index contributed by atoms with van der Waals surface area (Å²) in [5.41, 5.74) is 0.0739. The molecule has 1 rings (SSSR count). The van der Waals surface area contributed by atoms with Gasteiger partial charge in [-0.3, -0.25) is 0 Å². The zero-order valence-electron chi connectivity index (χ0n) is 10.2. The van der Waals surface area contributed by atoms with Crippen molar-refractivity contribution in [2.45, 2.75) is 4.08 Å². The summed E-state index contributed by atoms with van der Waals surface area (Å²) in [6.07, 6.45) is 0.885. The summed E-state index contributed by atoms with van der Waals surface area (Å²) in [6, 6.07) is 7.56. The van der Waals surface area contributed by atoms with Crippen molar-refractivity contribution in [1.82, 2.24) is 0 Å². The fourth-order valence-electron chi connectivity index (χ4n) is 1.76. The predicted octanol–water partition coefficient (Wildman–Crippen LogP) is 2.14. The van der Waals surface area contributed by atoms with Crippen LogP contribution < -0.4 is 0 Å². The largest absolute Gasteiger partial charge is 0.223 e. The predicted molar refractivity (Wildman–Crippen MR) is 76.6 cm³/mol. The van der Waals surface area contributed by atoms with Crippen LogP contribution in [0.4, 0.5) is 0 Å². The minimum absolute atomic E-state index is 0.0739. The molecule has 0 amide bonds. The SMILES string of the molecule is C=CC(c1ccccc1)(S(=O)(=O)C=C)S(=O)(=O)C=C. The Kier molecular flexibility index (Phi) is 4.17. The van der Waals surface area contributed by atoms with E-state index in [0.29, 0.717) is 10.8 Å². The molecule has 4 nitrogen and oxygen atoms in total. The lowest BCUT2D eigenvalue weighted by molar-refractivity contribution is 0.572. The number of hydrogen-bond donors (Lipinski definition) is 0. The van der Waals surface area contributed by atoms with E-state index in [2.05, 4.69) is 19.7 Å². The van der Waals surface area contributed by atoms with Crippen LogP contribution in [0, 0.1) is 0 Å². The van der Waals surface area contributed by atoms with E-state index in [-0.39, 0.29) is 5.56 Å². The molecule has 0 saturated heterocycles. The van der Waals surface area contributed by atoms with Crippen molar-refractivity contribution in [3.05, 3.63) is 72.5 Å². The second-order valence-electron chi connectivity index (χ2n) is 3.66. The van der Waals surface area contributed by atoms with Gasteiger partial charge in [0.05, 0.1) is 0 Å². The molecule has 0 aromatic heterocycles. The van der Waals surface area contributed by atoms with Crippen molar-refractivity contribution in [1.29, 1.82) is 0 Å². The van der Waals surface area contributed by atoms with Gasteiger partial charge in [-0.05, 0) is 5.56 Å². The minimum Gasteiger partial charge on any atom is -0.222 e. The summed E-state index contributed by atoms with van der Waals surface area (Å²) in [5.74, 6) is 0. The fraction of sp³-hybridized carbons (Fsp3) is 0.0769. The van der Waals surface area contributed by atoms with Crippen LogP contribution in [0.1, 0.15) is 5.56 Å². The van der Waals surface area contributed by atoms with Gasteiger partial charge < -0.3 is 0 Å². The molecule has 0 radical (unpaired) electrons. The molecule has 1 aromatic rings. The van der Waals surface area contributed by atoms with Gasteiger partial charge in [-0.1, -0.05) is 49.6 Å².